The van der Waals surface area contributed by atoms with Crippen molar-refractivity contribution in [1.82, 2.24) is 4.90 Å². The molecular formula is C15H20BrNO3. The van der Waals surface area contributed by atoms with Crippen molar-refractivity contribution in [3.05, 3.63) is 28.2 Å². The van der Waals surface area contributed by atoms with Crippen molar-refractivity contribution in [1.29, 1.82) is 0 Å². The third kappa shape index (κ3) is 3.52. The quantitative estimate of drug-likeness (QED) is 0.861. The standard InChI is InChI=1S/C15H20BrNO3/c1-2-13(12-8-11(16)3-4-14(12)18)17-6-5-10(9-17)7-15(19)20/h3-4,8,10,13,18H,2,5-7,9H2,1H3,(H,19,20). The highest BCUT2D eigenvalue weighted by Crippen LogP contribution is 2.36. The van der Waals surface area contributed by atoms with Gasteiger partial charge in [-0.1, -0.05) is 22.9 Å². The van der Waals surface area contributed by atoms with Gasteiger partial charge in [0.1, 0.15) is 5.75 Å². The van der Waals surface area contributed by atoms with E-state index in [0.29, 0.717) is 5.75 Å². The monoisotopic (exact) mass is 341 g/mol. The number of carboxylic acids is 1. The number of carbonyl (C=O) groups is 1. The molecule has 0 spiro atoms. The number of nitrogens with zero attached hydrogens (tertiary/aromatic N) is 1. The fraction of sp³-hybridized carbons (Fsp3) is 0.533. The zero-order chi connectivity index (χ0) is 14.7. The SMILES string of the molecule is CCC(c1cc(Br)ccc1O)N1CCC(CC(=O)O)C1. The summed E-state index contributed by atoms with van der Waals surface area (Å²) in [6, 6.07) is 5.62. The third-order valence-electron chi connectivity index (χ3n) is 3.96. The maximum absolute atomic E-state index is 10.8. The van der Waals surface area contributed by atoms with Crippen molar-refractivity contribution in [2.45, 2.75) is 32.2 Å². The predicted octanol–water partition coefficient (Wildman–Crippen LogP) is 3.40. The number of rotatable bonds is 5. The predicted molar refractivity (Wildman–Crippen MR) is 80.8 cm³/mol. The molecule has 1 aromatic carbocycles. The Balaban J connectivity index is 2.13. The lowest BCUT2D eigenvalue weighted by Gasteiger charge is -2.28. The zero-order valence-electron chi connectivity index (χ0n) is 11.6. The Morgan fingerprint density at radius 1 is 1.55 bits per heavy atom. The van der Waals surface area contributed by atoms with Crippen molar-refractivity contribution in [3.63, 3.8) is 0 Å². The van der Waals surface area contributed by atoms with Gasteiger partial charge in [-0.3, -0.25) is 9.69 Å². The van der Waals surface area contributed by atoms with Gasteiger partial charge in [0.25, 0.3) is 0 Å². The van der Waals surface area contributed by atoms with Crippen LogP contribution in [-0.2, 0) is 4.79 Å². The number of aliphatic carboxylic acids is 1. The number of benzene rings is 1. The number of hydrogen-bond acceptors (Lipinski definition) is 3. The minimum absolute atomic E-state index is 0.145. The number of carboxylic acid groups (broad SMARTS) is 1. The second kappa shape index (κ2) is 6.59. The molecule has 4 nitrogen and oxygen atoms in total. The minimum Gasteiger partial charge on any atom is -0.508 e. The molecule has 1 fully saturated rings. The van der Waals surface area contributed by atoms with E-state index in [9.17, 15) is 9.90 Å². The van der Waals surface area contributed by atoms with Crippen molar-refractivity contribution < 1.29 is 15.0 Å². The molecule has 2 rings (SSSR count). The van der Waals surface area contributed by atoms with Gasteiger partial charge in [0.15, 0.2) is 0 Å². The summed E-state index contributed by atoms with van der Waals surface area (Å²) in [5, 5.41) is 19.0. The molecule has 0 radical (unpaired) electrons. The highest BCUT2D eigenvalue weighted by Gasteiger charge is 2.30. The summed E-state index contributed by atoms with van der Waals surface area (Å²) >= 11 is 3.44. The van der Waals surface area contributed by atoms with Gasteiger partial charge in [-0.2, -0.15) is 0 Å². The van der Waals surface area contributed by atoms with E-state index < -0.39 is 5.97 Å². The Kier molecular flexibility index (Phi) is 5.05. The maximum atomic E-state index is 10.8. The summed E-state index contributed by atoms with van der Waals surface area (Å²) in [6.07, 6.45) is 2.04. The molecule has 0 amide bonds. The average molecular weight is 342 g/mol. The fourth-order valence-electron chi connectivity index (χ4n) is 3.03. The van der Waals surface area contributed by atoms with Crippen molar-refractivity contribution in [2.75, 3.05) is 13.1 Å². The fourth-order valence-corrected chi connectivity index (χ4v) is 3.41. The van der Waals surface area contributed by atoms with Crippen LogP contribution in [0.25, 0.3) is 0 Å². The van der Waals surface area contributed by atoms with E-state index in [1.807, 2.05) is 12.1 Å². The lowest BCUT2D eigenvalue weighted by molar-refractivity contribution is -0.138. The van der Waals surface area contributed by atoms with Crippen LogP contribution >= 0.6 is 15.9 Å². The van der Waals surface area contributed by atoms with Crippen LogP contribution in [0.15, 0.2) is 22.7 Å². The van der Waals surface area contributed by atoms with Gasteiger partial charge in [-0.05, 0) is 43.5 Å². The van der Waals surface area contributed by atoms with Crippen LogP contribution in [-0.4, -0.2) is 34.2 Å². The van der Waals surface area contributed by atoms with Gasteiger partial charge >= 0.3 is 5.97 Å². The van der Waals surface area contributed by atoms with Crippen molar-refractivity contribution in [3.8, 4) is 5.75 Å². The van der Waals surface area contributed by atoms with Gasteiger partial charge in [-0.15, -0.1) is 0 Å². The topological polar surface area (TPSA) is 60.8 Å². The summed E-state index contributed by atoms with van der Waals surface area (Å²) in [4.78, 5) is 13.1. The Morgan fingerprint density at radius 2 is 2.30 bits per heavy atom. The first kappa shape index (κ1) is 15.3. The molecule has 5 heteroatoms. The molecule has 20 heavy (non-hydrogen) atoms. The molecule has 110 valence electrons. The lowest BCUT2D eigenvalue weighted by Crippen LogP contribution is -2.26. The normalized spacial score (nSPS) is 21.0. The Labute approximate surface area is 127 Å². The molecule has 0 aliphatic carbocycles. The van der Waals surface area contributed by atoms with Gasteiger partial charge in [-0.25, -0.2) is 0 Å². The smallest absolute Gasteiger partial charge is 0.303 e. The lowest BCUT2D eigenvalue weighted by atomic mass is 10.0. The second-order valence-electron chi connectivity index (χ2n) is 5.37. The van der Waals surface area contributed by atoms with E-state index in [1.165, 1.54) is 0 Å². The molecule has 1 aliphatic heterocycles. The van der Waals surface area contributed by atoms with Crippen LogP contribution in [0.4, 0.5) is 0 Å². The average Bonchev–Trinajstić information content (AvgIpc) is 2.82. The summed E-state index contributed by atoms with van der Waals surface area (Å²) < 4.78 is 0.949. The first-order valence-corrected chi connectivity index (χ1v) is 7.74. The van der Waals surface area contributed by atoms with Crippen LogP contribution in [0.3, 0.4) is 0 Å². The van der Waals surface area contributed by atoms with Crippen LogP contribution in [0, 0.1) is 5.92 Å². The maximum Gasteiger partial charge on any atom is 0.303 e. The number of aromatic hydroxyl groups is 1. The number of phenolic OH excluding ortho intramolecular Hbond substituents is 1. The first-order chi connectivity index (χ1) is 9.51. The van der Waals surface area contributed by atoms with E-state index >= 15 is 0 Å². The molecule has 0 saturated carbocycles. The molecule has 2 N–H and O–H groups in total. The summed E-state index contributed by atoms with van der Waals surface area (Å²) in [5.41, 5.74) is 0.915. The molecule has 1 saturated heterocycles. The van der Waals surface area contributed by atoms with E-state index in [2.05, 4.69) is 27.8 Å². The Bertz CT molecular complexity index is 492. The molecule has 2 atom stereocenters. The number of likely N-dealkylation sites (tertiary alicyclic amines) is 1. The highest BCUT2D eigenvalue weighted by atomic mass is 79.9. The van der Waals surface area contributed by atoms with Crippen LogP contribution in [0.5, 0.6) is 5.75 Å². The summed E-state index contributed by atoms with van der Waals surface area (Å²) in [7, 11) is 0. The van der Waals surface area contributed by atoms with E-state index in [4.69, 9.17) is 5.11 Å². The largest absolute Gasteiger partial charge is 0.508 e. The van der Waals surface area contributed by atoms with Crippen LogP contribution < -0.4 is 0 Å². The minimum atomic E-state index is -0.727. The molecule has 2 unspecified atom stereocenters. The molecule has 0 bridgehead atoms. The van der Waals surface area contributed by atoms with Gasteiger partial charge in [0, 0.05) is 29.0 Å². The zero-order valence-corrected chi connectivity index (χ0v) is 13.1. The van der Waals surface area contributed by atoms with Crippen LogP contribution in [0.2, 0.25) is 0 Å². The first-order valence-electron chi connectivity index (χ1n) is 6.95. The molecular weight excluding hydrogens is 322 g/mol. The highest BCUT2D eigenvalue weighted by molar-refractivity contribution is 9.10. The Hall–Kier alpha value is -1.07. The molecule has 1 aliphatic rings. The summed E-state index contributed by atoms with van der Waals surface area (Å²) in [5.74, 6) is -0.201. The number of hydrogen-bond donors (Lipinski definition) is 2. The van der Waals surface area contributed by atoms with Crippen molar-refractivity contribution in [2.24, 2.45) is 5.92 Å². The van der Waals surface area contributed by atoms with Crippen LogP contribution in [0.1, 0.15) is 37.8 Å². The molecule has 0 aromatic heterocycles. The van der Waals surface area contributed by atoms with Crippen molar-refractivity contribution >= 4 is 21.9 Å². The summed E-state index contributed by atoms with van der Waals surface area (Å²) in [6.45, 7) is 3.77. The van der Waals surface area contributed by atoms with Gasteiger partial charge < -0.3 is 10.2 Å². The number of phenols is 1. The molecule has 1 aromatic rings. The van der Waals surface area contributed by atoms with Gasteiger partial charge in [0.05, 0.1) is 0 Å². The third-order valence-corrected chi connectivity index (χ3v) is 4.45. The molecule has 1 heterocycles. The van der Waals surface area contributed by atoms with E-state index in [0.717, 1.165) is 36.0 Å². The Morgan fingerprint density at radius 3 is 2.95 bits per heavy atom. The van der Waals surface area contributed by atoms with E-state index in [-0.39, 0.29) is 18.4 Å². The second-order valence-corrected chi connectivity index (χ2v) is 6.29. The van der Waals surface area contributed by atoms with E-state index in [1.54, 1.807) is 6.07 Å². The van der Waals surface area contributed by atoms with Gasteiger partial charge in [0.2, 0.25) is 0 Å². The number of halogens is 1.